The van der Waals surface area contributed by atoms with Gasteiger partial charge in [-0.05, 0) is 18.2 Å². The van der Waals surface area contributed by atoms with E-state index in [2.05, 4.69) is 16.4 Å². The van der Waals surface area contributed by atoms with Crippen molar-refractivity contribution in [3.8, 4) is 11.9 Å². The monoisotopic (exact) mass is 259 g/mol. The Morgan fingerprint density at radius 2 is 2.28 bits per heavy atom. The molecule has 0 amide bonds. The summed E-state index contributed by atoms with van der Waals surface area (Å²) >= 11 is 1.51. The Morgan fingerprint density at radius 3 is 3.00 bits per heavy atom. The number of hydrogen-bond donors (Lipinski definition) is 1. The van der Waals surface area contributed by atoms with Crippen molar-refractivity contribution in [2.45, 2.75) is 13.1 Å². The van der Waals surface area contributed by atoms with Crippen LogP contribution in [-0.2, 0) is 13.1 Å². The normalized spacial score (nSPS) is 10.0. The molecule has 2 aromatic heterocycles. The largest absolute Gasteiger partial charge is 0.481 e. The molecule has 0 bridgehead atoms. The molecule has 2 aromatic rings. The highest BCUT2D eigenvalue weighted by atomic mass is 32.1. The van der Waals surface area contributed by atoms with E-state index in [0.717, 1.165) is 21.9 Å². The molecule has 0 unspecified atom stereocenters. The van der Waals surface area contributed by atoms with Gasteiger partial charge in [0, 0.05) is 29.7 Å². The summed E-state index contributed by atoms with van der Waals surface area (Å²) in [5, 5.41) is 12.0. The second kappa shape index (κ2) is 6.15. The van der Waals surface area contributed by atoms with E-state index in [4.69, 9.17) is 10.00 Å². The van der Waals surface area contributed by atoms with Crippen LogP contribution in [0.25, 0.3) is 0 Å². The Bertz CT molecular complexity index is 559. The van der Waals surface area contributed by atoms with Crippen molar-refractivity contribution >= 4 is 11.3 Å². The lowest BCUT2D eigenvalue weighted by Crippen LogP contribution is -2.12. The summed E-state index contributed by atoms with van der Waals surface area (Å²) < 4.78 is 5.18. The average molecular weight is 259 g/mol. The van der Waals surface area contributed by atoms with Crippen molar-refractivity contribution in [2.75, 3.05) is 7.11 Å². The van der Waals surface area contributed by atoms with Crippen molar-refractivity contribution in [3.05, 3.63) is 45.8 Å². The molecule has 0 atom stereocenters. The third kappa shape index (κ3) is 3.06. The van der Waals surface area contributed by atoms with Crippen molar-refractivity contribution < 1.29 is 4.74 Å². The van der Waals surface area contributed by atoms with Crippen LogP contribution in [0.1, 0.15) is 15.3 Å². The second-order valence-electron chi connectivity index (χ2n) is 3.65. The molecule has 0 saturated carbocycles. The van der Waals surface area contributed by atoms with Crippen LogP contribution in [0.3, 0.4) is 0 Å². The van der Waals surface area contributed by atoms with Crippen molar-refractivity contribution in [1.82, 2.24) is 10.3 Å². The van der Waals surface area contributed by atoms with E-state index in [1.165, 1.54) is 11.3 Å². The van der Waals surface area contributed by atoms with Crippen LogP contribution in [0.4, 0.5) is 0 Å². The van der Waals surface area contributed by atoms with Crippen LogP contribution < -0.4 is 10.1 Å². The summed E-state index contributed by atoms with van der Waals surface area (Å²) in [6, 6.07) is 9.81. The molecule has 0 aromatic carbocycles. The number of thiophene rings is 1. The molecule has 0 aliphatic heterocycles. The van der Waals surface area contributed by atoms with Gasteiger partial charge in [0.15, 0.2) is 0 Å². The van der Waals surface area contributed by atoms with Crippen LogP contribution in [-0.4, -0.2) is 12.1 Å². The average Bonchev–Trinajstić information content (AvgIpc) is 2.87. The molecule has 5 heteroatoms. The van der Waals surface area contributed by atoms with E-state index in [-0.39, 0.29) is 0 Å². The SMILES string of the molecule is COc1ncccc1CNCc1ccc(C#N)s1. The Balaban J connectivity index is 1.90. The summed E-state index contributed by atoms with van der Waals surface area (Å²) in [6.07, 6.45) is 1.71. The Labute approximate surface area is 110 Å². The first-order valence-corrected chi connectivity index (χ1v) is 6.32. The van der Waals surface area contributed by atoms with Crippen LogP contribution >= 0.6 is 11.3 Å². The topological polar surface area (TPSA) is 57.9 Å². The molecule has 0 fully saturated rings. The standard InChI is InChI=1S/C13H13N3OS/c1-17-13-10(3-2-6-16-13)8-15-9-12-5-4-11(7-14)18-12/h2-6,15H,8-9H2,1H3. The lowest BCUT2D eigenvalue weighted by Gasteiger charge is -2.07. The number of nitrogens with one attached hydrogen (secondary N) is 1. The molecule has 92 valence electrons. The number of rotatable bonds is 5. The molecule has 4 nitrogen and oxygen atoms in total. The molecule has 18 heavy (non-hydrogen) atoms. The van der Waals surface area contributed by atoms with E-state index < -0.39 is 0 Å². The maximum atomic E-state index is 8.74. The summed E-state index contributed by atoms with van der Waals surface area (Å²) in [7, 11) is 1.62. The molecule has 2 rings (SSSR count). The Morgan fingerprint density at radius 1 is 1.39 bits per heavy atom. The van der Waals surface area contributed by atoms with Gasteiger partial charge in [-0.2, -0.15) is 5.26 Å². The molecule has 1 N–H and O–H groups in total. The van der Waals surface area contributed by atoms with Crippen LogP contribution in [0, 0.1) is 11.3 Å². The van der Waals surface area contributed by atoms with Crippen molar-refractivity contribution in [1.29, 1.82) is 5.26 Å². The van der Waals surface area contributed by atoms with Crippen LogP contribution in [0.2, 0.25) is 0 Å². The fourth-order valence-electron chi connectivity index (χ4n) is 1.60. The highest BCUT2D eigenvalue weighted by Crippen LogP contribution is 2.16. The van der Waals surface area contributed by atoms with Gasteiger partial charge in [0.05, 0.1) is 7.11 Å². The summed E-state index contributed by atoms with van der Waals surface area (Å²) in [5.74, 6) is 0.647. The predicted molar refractivity (Wildman–Crippen MR) is 70.4 cm³/mol. The molecule has 2 heterocycles. The molecular weight excluding hydrogens is 246 g/mol. The zero-order chi connectivity index (χ0) is 12.8. The third-order valence-corrected chi connectivity index (χ3v) is 3.42. The Hall–Kier alpha value is -1.90. The van der Waals surface area contributed by atoms with E-state index >= 15 is 0 Å². The molecule has 0 aliphatic rings. The Kier molecular flexibility index (Phi) is 4.29. The van der Waals surface area contributed by atoms with Gasteiger partial charge in [-0.3, -0.25) is 0 Å². The van der Waals surface area contributed by atoms with Gasteiger partial charge in [-0.15, -0.1) is 11.3 Å². The molecule has 0 saturated heterocycles. The number of hydrogen-bond acceptors (Lipinski definition) is 5. The maximum Gasteiger partial charge on any atom is 0.217 e. The minimum absolute atomic E-state index is 0.647. The van der Waals surface area contributed by atoms with Crippen molar-refractivity contribution in [3.63, 3.8) is 0 Å². The van der Waals surface area contributed by atoms with E-state index in [1.807, 2.05) is 24.3 Å². The molecule has 0 aliphatic carbocycles. The highest BCUT2D eigenvalue weighted by Gasteiger charge is 2.03. The van der Waals surface area contributed by atoms with E-state index in [0.29, 0.717) is 12.4 Å². The summed E-state index contributed by atoms with van der Waals surface area (Å²) in [6.45, 7) is 1.43. The third-order valence-electron chi connectivity index (χ3n) is 2.43. The molecule has 0 radical (unpaired) electrons. The first-order chi connectivity index (χ1) is 8.83. The van der Waals surface area contributed by atoms with Crippen LogP contribution in [0.15, 0.2) is 30.5 Å². The van der Waals surface area contributed by atoms with Gasteiger partial charge in [0.25, 0.3) is 0 Å². The van der Waals surface area contributed by atoms with Gasteiger partial charge in [-0.25, -0.2) is 4.98 Å². The first-order valence-electron chi connectivity index (χ1n) is 5.51. The lowest BCUT2D eigenvalue weighted by molar-refractivity contribution is 0.390. The van der Waals surface area contributed by atoms with E-state index in [9.17, 15) is 0 Å². The quantitative estimate of drug-likeness (QED) is 0.895. The van der Waals surface area contributed by atoms with Crippen molar-refractivity contribution in [2.24, 2.45) is 0 Å². The van der Waals surface area contributed by atoms with Gasteiger partial charge in [-0.1, -0.05) is 6.07 Å². The fourth-order valence-corrected chi connectivity index (χ4v) is 2.37. The van der Waals surface area contributed by atoms with Gasteiger partial charge >= 0.3 is 0 Å². The lowest BCUT2D eigenvalue weighted by atomic mass is 10.2. The summed E-state index contributed by atoms with van der Waals surface area (Å²) in [4.78, 5) is 6.03. The number of nitriles is 1. The second-order valence-corrected chi connectivity index (χ2v) is 4.82. The van der Waals surface area contributed by atoms with Gasteiger partial charge < -0.3 is 10.1 Å². The summed E-state index contributed by atoms with van der Waals surface area (Å²) in [5.41, 5.74) is 1.03. The zero-order valence-electron chi connectivity index (χ0n) is 10.0. The minimum atomic E-state index is 0.647. The zero-order valence-corrected chi connectivity index (χ0v) is 10.8. The number of methoxy groups -OCH3 is 1. The highest BCUT2D eigenvalue weighted by molar-refractivity contribution is 7.12. The predicted octanol–water partition coefficient (Wildman–Crippen LogP) is 2.31. The van der Waals surface area contributed by atoms with E-state index in [1.54, 1.807) is 13.3 Å². The molecular formula is C13H13N3OS. The number of nitrogens with zero attached hydrogens (tertiary/aromatic N) is 2. The van der Waals surface area contributed by atoms with Gasteiger partial charge in [0.2, 0.25) is 5.88 Å². The van der Waals surface area contributed by atoms with Gasteiger partial charge in [0.1, 0.15) is 10.9 Å². The minimum Gasteiger partial charge on any atom is -0.481 e. The van der Waals surface area contributed by atoms with Crippen LogP contribution in [0.5, 0.6) is 5.88 Å². The smallest absolute Gasteiger partial charge is 0.217 e. The maximum absolute atomic E-state index is 8.74. The first kappa shape index (κ1) is 12.6. The number of ether oxygens (including phenoxy) is 1. The number of aromatic nitrogens is 1. The fraction of sp³-hybridized carbons (Fsp3) is 0.231. The number of pyridine rings is 1. The molecule has 0 spiro atoms.